The van der Waals surface area contributed by atoms with E-state index in [9.17, 15) is 10.2 Å². The van der Waals surface area contributed by atoms with Gasteiger partial charge < -0.3 is 10.2 Å². The minimum Gasteiger partial charge on any atom is -0.494 e. The molecule has 0 saturated heterocycles. The lowest BCUT2D eigenvalue weighted by molar-refractivity contribution is 0.402. The maximum Gasteiger partial charge on any atom is 0.220 e. The number of rotatable bonds is 1. The standard InChI is InChI=1S/C6H5N3O2S2/c10-3-1-2-4(11)9(3)5-7-8-6(12)13-5/h1-2,10-11H,(H,8,12). The monoisotopic (exact) mass is 215 g/mol. The molecule has 0 amide bonds. The van der Waals surface area contributed by atoms with Crippen LogP contribution in [0.15, 0.2) is 12.1 Å². The van der Waals surface area contributed by atoms with Gasteiger partial charge in [0.25, 0.3) is 0 Å². The molecule has 0 radical (unpaired) electrons. The van der Waals surface area contributed by atoms with Crippen molar-refractivity contribution in [2.24, 2.45) is 0 Å². The number of nitrogens with one attached hydrogen (secondary N) is 1. The minimum absolute atomic E-state index is 0.0738. The smallest absolute Gasteiger partial charge is 0.220 e. The van der Waals surface area contributed by atoms with Crippen molar-refractivity contribution in [2.75, 3.05) is 0 Å². The second kappa shape index (κ2) is 2.86. The molecule has 0 aliphatic carbocycles. The predicted octanol–water partition coefficient (Wildman–Crippen LogP) is 1.40. The maximum atomic E-state index is 9.32. The first kappa shape index (κ1) is 8.27. The molecule has 7 heteroatoms. The van der Waals surface area contributed by atoms with Crippen molar-refractivity contribution < 1.29 is 10.2 Å². The summed E-state index contributed by atoms with van der Waals surface area (Å²) in [6.45, 7) is 0. The molecule has 0 aromatic carbocycles. The highest BCUT2D eigenvalue weighted by Gasteiger charge is 2.10. The van der Waals surface area contributed by atoms with E-state index in [2.05, 4.69) is 10.2 Å². The SMILES string of the molecule is Oc1ccc(O)n1-c1n[nH]c(=S)s1. The van der Waals surface area contributed by atoms with E-state index in [1.54, 1.807) is 0 Å². The third kappa shape index (κ3) is 1.31. The van der Waals surface area contributed by atoms with Crippen molar-refractivity contribution in [3.05, 3.63) is 16.1 Å². The van der Waals surface area contributed by atoms with E-state index in [4.69, 9.17) is 12.2 Å². The van der Waals surface area contributed by atoms with Gasteiger partial charge in [-0.2, -0.15) is 0 Å². The molecule has 3 N–H and O–H groups in total. The summed E-state index contributed by atoms with van der Waals surface area (Å²) in [5, 5.41) is 25.4. The fraction of sp³-hybridized carbons (Fsp3) is 0. The molecule has 68 valence electrons. The van der Waals surface area contributed by atoms with E-state index in [1.165, 1.54) is 16.7 Å². The number of hydrogen-bond donors (Lipinski definition) is 3. The first-order chi connectivity index (χ1) is 6.18. The average molecular weight is 215 g/mol. The van der Waals surface area contributed by atoms with Crippen LogP contribution in [-0.4, -0.2) is 25.0 Å². The second-order valence-electron chi connectivity index (χ2n) is 2.28. The summed E-state index contributed by atoms with van der Waals surface area (Å²) < 4.78 is 1.68. The van der Waals surface area contributed by atoms with Crippen LogP contribution >= 0.6 is 23.6 Å². The number of H-pyrrole nitrogens is 1. The van der Waals surface area contributed by atoms with Gasteiger partial charge in [0.05, 0.1) is 0 Å². The van der Waals surface area contributed by atoms with Crippen LogP contribution in [0.2, 0.25) is 0 Å². The lowest BCUT2D eigenvalue weighted by atomic mass is 10.6. The van der Waals surface area contributed by atoms with E-state index in [-0.39, 0.29) is 11.8 Å². The molecule has 2 aromatic heterocycles. The molecule has 5 nitrogen and oxygen atoms in total. The molecule has 0 saturated carbocycles. The van der Waals surface area contributed by atoms with Gasteiger partial charge in [-0.25, -0.2) is 4.57 Å². The van der Waals surface area contributed by atoms with E-state index < -0.39 is 0 Å². The Balaban J connectivity index is 2.64. The van der Waals surface area contributed by atoms with Gasteiger partial charge in [0, 0.05) is 12.1 Å². The van der Waals surface area contributed by atoms with Gasteiger partial charge in [-0.15, -0.1) is 5.10 Å². The summed E-state index contributed by atoms with van der Waals surface area (Å²) >= 11 is 5.98. The Labute approximate surface area is 81.9 Å². The number of hydrogen-bond acceptors (Lipinski definition) is 5. The van der Waals surface area contributed by atoms with Gasteiger partial charge >= 0.3 is 0 Å². The largest absolute Gasteiger partial charge is 0.494 e. The lowest BCUT2D eigenvalue weighted by Gasteiger charge is -1.99. The fourth-order valence-corrected chi connectivity index (χ4v) is 1.83. The molecule has 0 aliphatic rings. The fourth-order valence-electron chi connectivity index (χ4n) is 0.929. The van der Waals surface area contributed by atoms with Gasteiger partial charge in [-0.3, -0.25) is 5.10 Å². The Morgan fingerprint density at radius 2 is 2.00 bits per heavy atom. The van der Waals surface area contributed by atoms with Gasteiger partial charge in [0.1, 0.15) is 0 Å². The summed E-state index contributed by atoms with van der Waals surface area (Å²) in [7, 11) is 0. The van der Waals surface area contributed by atoms with Crippen LogP contribution in [0.1, 0.15) is 0 Å². The van der Waals surface area contributed by atoms with Crippen molar-refractivity contribution in [3.8, 4) is 16.9 Å². The van der Waals surface area contributed by atoms with Crippen molar-refractivity contribution in [1.82, 2.24) is 14.8 Å². The molecule has 0 spiro atoms. The third-order valence-electron chi connectivity index (χ3n) is 1.46. The molecule has 0 atom stereocenters. The molecule has 0 aliphatic heterocycles. The Bertz CT molecular complexity index is 465. The zero-order chi connectivity index (χ0) is 9.42. The summed E-state index contributed by atoms with van der Waals surface area (Å²) in [5.41, 5.74) is 0. The van der Waals surface area contributed by atoms with Gasteiger partial charge in [-0.05, 0) is 12.2 Å². The predicted molar refractivity (Wildman–Crippen MR) is 50.0 cm³/mol. The average Bonchev–Trinajstić information content (AvgIpc) is 2.60. The van der Waals surface area contributed by atoms with Crippen LogP contribution in [0.3, 0.4) is 0 Å². The van der Waals surface area contributed by atoms with Crippen LogP contribution in [0.25, 0.3) is 5.13 Å². The topological polar surface area (TPSA) is 74.1 Å². The third-order valence-corrected chi connectivity index (χ3v) is 2.53. The van der Waals surface area contributed by atoms with E-state index in [1.807, 2.05) is 0 Å². The molecule has 2 rings (SSSR count). The number of aromatic amines is 1. The summed E-state index contributed by atoms with van der Waals surface area (Å²) in [5.74, 6) is -0.148. The van der Waals surface area contributed by atoms with Crippen molar-refractivity contribution in [1.29, 1.82) is 0 Å². The highest BCUT2D eigenvalue weighted by Crippen LogP contribution is 2.27. The van der Waals surface area contributed by atoms with Crippen LogP contribution in [0.4, 0.5) is 0 Å². The molecule has 13 heavy (non-hydrogen) atoms. The summed E-state index contributed by atoms with van der Waals surface area (Å²) in [4.78, 5) is 0. The zero-order valence-electron chi connectivity index (χ0n) is 6.26. The van der Waals surface area contributed by atoms with Crippen molar-refractivity contribution in [3.63, 3.8) is 0 Å². The van der Waals surface area contributed by atoms with Gasteiger partial charge in [0.2, 0.25) is 16.9 Å². The quantitative estimate of drug-likeness (QED) is 0.629. The van der Waals surface area contributed by atoms with Crippen LogP contribution in [0, 0.1) is 3.95 Å². The first-order valence-electron chi connectivity index (χ1n) is 3.34. The van der Waals surface area contributed by atoms with Crippen LogP contribution < -0.4 is 0 Å². The Morgan fingerprint density at radius 1 is 1.38 bits per heavy atom. The molecular formula is C6H5N3O2S2. The lowest BCUT2D eigenvalue weighted by Crippen LogP contribution is -1.90. The summed E-state index contributed by atoms with van der Waals surface area (Å²) in [6, 6.07) is 2.75. The number of aromatic nitrogens is 3. The van der Waals surface area contributed by atoms with E-state index in [0.717, 1.165) is 11.3 Å². The van der Waals surface area contributed by atoms with Crippen molar-refractivity contribution in [2.45, 2.75) is 0 Å². The Kier molecular flexibility index (Phi) is 1.82. The number of aromatic hydroxyl groups is 2. The zero-order valence-corrected chi connectivity index (χ0v) is 7.89. The second-order valence-corrected chi connectivity index (χ2v) is 3.93. The Morgan fingerprint density at radius 3 is 2.46 bits per heavy atom. The molecule has 2 heterocycles. The maximum absolute atomic E-state index is 9.32. The first-order valence-corrected chi connectivity index (χ1v) is 4.56. The number of nitrogens with zero attached hydrogens (tertiary/aromatic N) is 2. The molecule has 2 aromatic rings. The van der Waals surface area contributed by atoms with Gasteiger partial charge in [-0.1, -0.05) is 11.3 Å². The highest BCUT2D eigenvalue weighted by atomic mass is 32.1. The van der Waals surface area contributed by atoms with Crippen LogP contribution in [-0.2, 0) is 0 Å². The normalized spacial score (nSPS) is 10.5. The van der Waals surface area contributed by atoms with Crippen molar-refractivity contribution >= 4 is 23.6 Å². The molecule has 0 bridgehead atoms. The highest BCUT2D eigenvalue weighted by molar-refractivity contribution is 7.73. The molecular weight excluding hydrogens is 210 g/mol. The molecule has 0 unspecified atom stereocenters. The van der Waals surface area contributed by atoms with Gasteiger partial charge in [0.15, 0.2) is 3.95 Å². The Hall–Kier alpha value is -1.34. The molecule has 0 fully saturated rings. The minimum atomic E-state index is -0.0738. The van der Waals surface area contributed by atoms with E-state index in [0.29, 0.717) is 9.09 Å². The van der Waals surface area contributed by atoms with Crippen LogP contribution in [0.5, 0.6) is 11.8 Å². The van der Waals surface area contributed by atoms with E-state index >= 15 is 0 Å². The summed E-state index contributed by atoms with van der Waals surface area (Å²) in [6.07, 6.45) is 0.